The van der Waals surface area contributed by atoms with Crippen molar-refractivity contribution in [2.24, 2.45) is 11.1 Å². The lowest BCUT2D eigenvalue weighted by Crippen LogP contribution is -2.40. The zero-order chi connectivity index (χ0) is 14.8. The highest BCUT2D eigenvalue weighted by Crippen LogP contribution is 2.19. The monoisotopic (exact) mass is 311 g/mol. The number of aromatic nitrogens is 1. The molecule has 21 heavy (non-hydrogen) atoms. The standard InChI is InChI=1S/C15H21N3O2.ClH/c1-15(2,9-16)10-18(3)14(19)8-12-11-6-4-5-7-13(11)20-17-12;/h4-7H,8-10,16H2,1-3H3;1H. The summed E-state index contributed by atoms with van der Waals surface area (Å²) in [6, 6.07) is 7.56. The molecule has 1 aromatic heterocycles. The van der Waals surface area contributed by atoms with Crippen molar-refractivity contribution in [3.63, 3.8) is 0 Å². The molecule has 5 nitrogen and oxygen atoms in total. The van der Waals surface area contributed by atoms with Gasteiger partial charge in [0.2, 0.25) is 5.91 Å². The second-order valence-electron chi connectivity index (χ2n) is 5.92. The van der Waals surface area contributed by atoms with E-state index in [1.165, 1.54) is 0 Å². The van der Waals surface area contributed by atoms with Crippen molar-refractivity contribution < 1.29 is 9.32 Å². The Kier molecular flexibility index (Phi) is 5.75. The smallest absolute Gasteiger partial charge is 0.228 e. The number of amides is 1. The van der Waals surface area contributed by atoms with Gasteiger partial charge in [-0.15, -0.1) is 12.4 Å². The van der Waals surface area contributed by atoms with Crippen molar-refractivity contribution in [3.8, 4) is 0 Å². The number of nitrogens with two attached hydrogens (primary N) is 1. The van der Waals surface area contributed by atoms with Crippen LogP contribution in [0.4, 0.5) is 0 Å². The molecule has 0 fully saturated rings. The summed E-state index contributed by atoms with van der Waals surface area (Å²) in [7, 11) is 1.79. The van der Waals surface area contributed by atoms with Crippen LogP contribution in [0.25, 0.3) is 11.0 Å². The Morgan fingerprint density at radius 3 is 2.71 bits per heavy atom. The molecule has 2 aromatic rings. The fourth-order valence-corrected chi connectivity index (χ4v) is 2.14. The van der Waals surface area contributed by atoms with Crippen LogP contribution in [0, 0.1) is 5.41 Å². The van der Waals surface area contributed by atoms with Crippen LogP contribution in [0.15, 0.2) is 28.8 Å². The average molecular weight is 312 g/mol. The Hall–Kier alpha value is -1.59. The molecule has 1 aromatic carbocycles. The number of hydrogen-bond donors (Lipinski definition) is 1. The summed E-state index contributed by atoms with van der Waals surface area (Å²) < 4.78 is 5.21. The fourth-order valence-electron chi connectivity index (χ4n) is 2.14. The van der Waals surface area contributed by atoms with Gasteiger partial charge in [-0.25, -0.2) is 0 Å². The summed E-state index contributed by atoms with van der Waals surface area (Å²) in [6.07, 6.45) is 0.244. The van der Waals surface area contributed by atoms with Crippen molar-refractivity contribution in [1.82, 2.24) is 10.1 Å². The maximum absolute atomic E-state index is 12.3. The number of hydrogen-bond acceptors (Lipinski definition) is 4. The number of likely N-dealkylation sites (N-methyl/N-ethyl adjacent to an activating group) is 1. The van der Waals surface area contributed by atoms with Crippen LogP contribution < -0.4 is 5.73 Å². The normalized spacial score (nSPS) is 11.2. The quantitative estimate of drug-likeness (QED) is 0.919. The first-order valence-electron chi connectivity index (χ1n) is 6.70. The third-order valence-electron chi connectivity index (χ3n) is 3.41. The molecule has 0 aliphatic carbocycles. The van der Waals surface area contributed by atoms with E-state index in [0.29, 0.717) is 24.4 Å². The first-order chi connectivity index (χ1) is 9.43. The fraction of sp³-hybridized carbons (Fsp3) is 0.467. The van der Waals surface area contributed by atoms with Crippen LogP contribution in [0.1, 0.15) is 19.5 Å². The van der Waals surface area contributed by atoms with Gasteiger partial charge >= 0.3 is 0 Å². The zero-order valence-corrected chi connectivity index (χ0v) is 13.4. The second-order valence-corrected chi connectivity index (χ2v) is 5.92. The van der Waals surface area contributed by atoms with Crippen molar-refractivity contribution >= 4 is 29.3 Å². The van der Waals surface area contributed by atoms with E-state index in [-0.39, 0.29) is 30.2 Å². The summed E-state index contributed by atoms with van der Waals surface area (Å²) in [6.45, 7) is 5.25. The highest BCUT2D eigenvalue weighted by Gasteiger charge is 2.22. The minimum absolute atomic E-state index is 0. The van der Waals surface area contributed by atoms with Crippen molar-refractivity contribution in [1.29, 1.82) is 0 Å². The molecule has 2 N–H and O–H groups in total. The van der Waals surface area contributed by atoms with Crippen molar-refractivity contribution in [3.05, 3.63) is 30.0 Å². The van der Waals surface area contributed by atoms with Crippen molar-refractivity contribution in [2.45, 2.75) is 20.3 Å². The highest BCUT2D eigenvalue weighted by atomic mass is 35.5. The van der Waals surface area contributed by atoms with E-state index in [9.17, 15) is 4.79 Å². The molecule has 0 bridgehead atoms. The number of carbonyl (C=O) groups is 1. The Balaban J connectivity index is 0.00000220. The third-order valence-corrected chi connectivity index (χ3v) is 3.41. The Labute approximate surface area is 130 Å². The second kappa shape index (κ2) is 6.91. The zero-order valence-electron chi connectivity index (χ0n) is 12.6. The molecule has 0 saturated heterocycles. The highest BCUT2D eigenvalue weighted by molar-refractivity contribution is 5.86. The van der Waals surface area contributed by atoms with E-state index in [1.54, 1.807) is 11.9 Å². The Morgan fingerprint density at radius 2 is 2.05 bits per heavy atom. The average Bonchev–Trinajstić information content (AvgIpc) is 2.82. The summed E-state index contributed by atoms with van der Waals surface area (Å²) in [5.41, 5.74) is 7.00. The van der Waals surface area contributed by atoms with Gasteiger partial charge < -0.3 is 15.2 Å². The summed E-state index contributed by atoms with van der Waals surface area (Å²) in [4.78, 5) is 14.0. The first kappa shape index (κ1) is 17.5. The molecule has 0 aliphatic heterocycles. The summed E-state index contributed by atoms with van der Waals surface area (Å²) in [5, 5.41) is 4.88. The molecule has 6 heteroatoms. The lowest BCUT2D eigenvalue weighted by atomic mass is 9.93. The lowest BCUT2D eigenvalue weighted by molar-refractivity contribution is -0.130. The van der Waals surface area contributed by atoms with E-state index in [2.05, 4.69) is 5.16 Å². The van der Waals surface area contributed by atoms with Crippen LogP contribution in [-0.4, -0.2) is 36.1 Å². The maximum atomic E-state index is 12.3. The lowest BCUT2D eigenvalue weighted by Gasteiger charge is -2.28. The van der Waals surface area contributed by atoms with Gasteiger partial charge in [0.15, 0.2) is 5.58 Å². The molecule has 0 spiro atoms. The van der Waals surface area contributed by atoms with Crippen molar-refractivity contribution in [2.75, 3.05) is 20.1 Å². The minimum atomic E-state index is -0.0870. The number of halogens is 1. The van der Waals surface area contributed by atoms with Crippen LogP contribution in [-0.2, 0) is 11.2 Å². The van der Waals surface area contributed by atoms with Gasteiger partial charge in [-0.1, -0.05) is 31.1 Å². The third kappa shape index (κ3) is 4.19. The van der Waals surface area contributed by atoms with Gasteiger partial charge in [0.25, 0.3) is 0 Å². The van der Waals surface area contributed by atoms with E-state index in [0.717, 1.165) is 5.39 Å². The van der Waals surface area contributed by atoms with Crippen LogP contribution in [0.5, 0.6) is 0 Å². The molecule has 1 heterocycles. The molecule has 0 aliphatic rings. The summed E-state index contributed by atoms with van der Waals surface area (Å²) >= 11 is 0. The molecule has 116 valence electrons. The number of rotatable bonds is 5. The molecular weight excluding hydrogens is 290 g/mol. The van der Waals surface area contributed by atoms with Crippen LogP contribution in [0.3, 0.4) is 0 Å². The van der Waals surface area contributed by atoms with Gasteiger partial charge in [-0.3, -0.25) is 4.79 Å². The topological polar surface area (TPSA) is 72.4 Å². The number of para-hydroxylation sites is 1. The predicted molar refractivity (Wildman–Crippen MR) is 85.4 cm³/mol. The van der Waals surface area contributed by atoms with Gasteiger partial charge in [0, 0.05) is 19.0 Å². The number of carbonyl (C=O) groups excluding carboxylic acids is 1. The molecule has 0 unspecified atom stereocenters. The molecule has 0 saturated carbocycles. The first-order valence-corrected chi connectivity index (χ1v) is 6.70. The maximum Gasteiger partial charge on any atom is 0.228 e. The molecular formula is C15H22ClN3O2. The van der Waals surface area contributed by atoms with E-state index in [4.69, 9.17) is 10.3 Å². The van der Waals surface area contributed by atoms with E-state index >= 15 is 0 Å². The largest absolute Gasteiger partial charge is 0.356 e. The Bertz CT molecular complexity index is 610. The Morgan fingerprint density at radius 1 is 1.38 bits per heavy atom. The van der Waals surface area contributed by atoms with Gasteiger partial charge in [0.05, 0.1) is 6.42 Å². The van der Waals surface area contributed by atoms with Gasteiger partial charge in [-0.05, 0) is 24.1 Å². The molecule has 0 radical (unpaired) electrons. The van der Waals surface area contributed by atoms with Gasteiger partial charge in [-0.2, -0.15) is 0 Å². The number of nitrogens with zero attached hydrogens (tertiary/aromatic N) is 2. The van der Waals surface area contributed by atoms with Crippen LogP contribution >= 0.6 is 12.4 Å². The van der Waals surface area contributed by atoms with Crippen LogP contribution in [0.2, 0.25) is 0 Å². The molecule has 2 rings (SSSR count). The predicted octanol–water partition coefficient (Wildman–Crippen LogP) is 2.24. The minimum Gasteiger partial charge on any atom is -0.356 e. The number of fused-ring (bicyclic) bond motifs is 1. The molecule has 1 amide bonds. The number of benzene rings is 1. The molecule has 0 atom stereocenters. The summed E-state index contributed by atoms with van der Waals surface area (Å²) in [5.74, 6) is 0.0191. The van der Waals surface area contributed by atoms with E-state index in [1.807, 2.05) is 38.1 Å². The van der Waals surface area contributed by atoms with Gasteiger partial charge in [0.1, 0.15) is 5.69 Å². The van der Waals surface area contributed by atoms with E-state index < -0.39 is 0 Å². The SMILES string of the molecule is CN(CC(C)(C)CN)C(=O)Cc1noc2ccccc12.Cl.